The summed E-state index contributed by atoms with van der Waals surface area (Å²) >= 11 is 5.93. The molecule has 6 heteroatoms. The maximum atomic E-state index is 11.7. The van der Waals surface area contributed by atoms with Gasteiger partial charge in [-0.05, 0) is 43.0 Å². The molecule has 0 saturated carbocycles. The molecule has 0 saturated heterocycles. The molecule has 122 valence electrons. The van der Waals surface area contributed by atoms with Gasteiger partial charge in [-0.3, -0.25) is 4.79 Å². The number of nitrogens with one attached hydrogen (secondary N) is 1. The van der Waals surface area contributed by atoms with Gasteiger partial charge in [-0.2, -0.15) is 0 Å². The zero-order valence-corrected chi connectivity index (χ0v) is 13.8. The van der Waals surface area contributed by atoms with Gasteiger partial charge in [0, 0.05) is 11.4 Å². The molecule has 0 spiro atoms. The number of amides is 1. The molecule has 1 aromatic rings. The molecule has 22 heavy (non-hydrogen) atoms. The first-order valence-corrected chi connectivity index (χ1v) is 7.60. The van der Waals surface area contributed by atoms with Crippen molar-refractivity contribution in [2.45, 2.75) is 39.7 Å². The summed E-state index contributed by atoms with van der Waals surface area (Å²) in [5.41, 5.74) is 0.929. The Bertz CT molecular complexity index is 531. The van der Waals surface area contributed by atoms with Crippen LogP contribution >= 0.6 is 11.6 Å². The summed E-state index contributed by atoms with van der Waals surface area (Å²) < 4.78 is 5.54. The van der Waals surface area contributed by atoms with Crippen LogP contribution in [0.15, 0.2) is 18.2 Å². The second-order valence-electron chi connectivity index (χ2n) is 5.49. The molecule has 0 aliphatic carbocycles. The lowest BCUT2D eigenvalue weighted by Gasteiger charge is -2.17. The third-order valence-electron chi connectivity index (χ3n) is 3.20. The quantitative estimate of drug-likeness (QED) is 0.720. The first kappa shape index (κ1) is 18.3. The largest absolute Gasteiger partial charge is 0.494 e. The van der Waals surface area contributed by atoms with Gasteiger partial charge >= 0.3 is 5.97 Å². The number of hydrogen-bond acceptors (Lipinski definition) is 3. The van der Waals surface area contributed by atoms with Gasteiger partial charge in [-0.1, -0.05) is 25.4 Å². The van der Waals surface area contributed by atoms with Crippen molar-refractivity contribution in [2.24, 2.45) is 5.92 Å². The summed E-state index contributed by atoms with van der Waals surface area (Å²) in [5, 5.41) is 12.2. The molecule has 0 radical (unpaired) electrons. The third kappa shape index (κ3) is 5.93. The molecule has 1 atom stereocenters. The summed E-state index contributed by atoms with van der Waals surface area (Å²) in [6.07, 6.45) is 0.737. The molecule has 1 aromatic carbocycles. The van der Waals surface area contributed by atoms with Crippen LogP contribution in [0.5, 0.6) is 5.75 Å². The minimum Gasteiger partial charge on any atom is -0.494 e. The summed E-state index contributed by atoms with van der Waals surface area (Å²) in [6.45, 7) is 5.78. The molecule has 0 heterocycles. The van der Waals surface area contributed by atoms with E-state index in [-0.39, 0.29) is 18.2 Å². The number of benzene rings is 1. The average molecular weight is 328 g/mol. The van der Waals surface area contributed by atoms with E-state index in [0.29, 0.717) is 23.8 Å². The minimum atomic E-state index is -1.02. The van der Waals surface area contributed by atoms with Crippen LogP contribution in [0.25, 0.3) is 0 Å². The van der Waals surface area contributed by atoms with Crippen molar-refractivity contribution >= 4 is 23.5 Å². The number of carbonyl (C=O) groups excluding carboxylic acids is 1. The van der Waals surface area contributed by atoms with Gasteiger partial charge in [0.05, 0.1) is 6.61 Å². The van der Waals surface area contributed by atoms with Crippen LogP contribution in [0.4, 0.5) is 0 Å². The monoisotopic (exact) mass is 327 g/mol. The lowest BCUT2D eigenvalue weighted by Crippen LogP contribution is -2.44. The van der Waals surface area contributed by atoms with E-state index in [2.05, 4.69) is 5.32 Å². The summed E-state index contributed by atoms with van der Waals surface area (Å²) in [6, 6.07) is 4.52. The van der Waals surface area contributed by atoms with Crippen LogP contribution < -0.4 is 10.1 Å². The Morgan fingerprint density at radius 3 is 2.59 bits per heavy atom. The SMILES string of the molecule is Cc1cc(OCCCC(=O)NC(C(=O)O)C(C)C)ccc1Cl. The Balaban J connectivity index is 2.33. The fourth-order valence-electron chi connectivity index (χ4n) is 1.89. The van der Waals surface area contributed by atoms with E-state index in [9.17, 15) is 9.59 Å². The van der Waals surface area contributed by atoms with Crippen LogP contribution in [0.3, 0.4) is 0 Å². The molecule has 1 amide bonds. The maximum Gasteiger partial charge on any atom is 0.326 e. The van der Waals surface area contributed by atoms with E-state index in [4.69, 9.17) is 21.4 Å². The highest BCUT2D eigenvalue weighted by molar-refractivity contribution is 6.31. The predicted molar refractivity (Wildman–Crippen MR) is 85.3 cm³/mol. The smallest absolute Gasteiger partial charge is 0.326 e. The van der Waals surface area contributed by atoms with Gasteiger partial charge in [-0.25, -0.2) is 4.79 Å². The van der Waals surface area contributed by atoms with Gasteiger partial charge in [0.15, 0.2) is 0 Å². The van der Waals surface area contributed by atoms with Crippen molar-refractivity contribution in [1.29, 1.82) is 0 Å². The van der Waals surface area contributed by atoms with E-state index in [0.717, 1.165) is 5.56 Å². The molecule has 1 rings (SSSR count). The van der Waals surface area contributed by atoms with E-state index < -0.39 is 12.0 Å². The number of carboxylic acid groups (broad SMARTS) is 1. The highest BCUT2D eigenvalue weighted by Gasteiger charge is 2.22. The Labute approximate surface area is 135 Å². The maximum absolute atomic E-state index is 11.7. The van der Waals surface area contributed by atoms with Crippen LogP contribution in [0.1, 0.15) is 32.3 Å². The standard InChI is InChI=1S/C16H22ClNO4/c1-10(2)15(16(20)21)18-14(19)5-4-8-22-12-6-7-13(17)11(3)9-12/h6-7,9-10,15H,4-5,8H2,1-3H3,(H,18,19)(H,20,21). The molecule has 5 nitrogen and oxygen atoms in total. The van der Waals surface area contributed by atoms with Gasteiger partial charge in [0.1, 0.15) is 11.8 Å². The van der Waals surface area contributed by atoms with Gasteiger partial charge in [0.25, 0.3) is 0 Å². The fraction of sp³-hybridized carbons (Fsp3) is 0.500. The Hall–Kier alpha value is -1.75. The zero-order chi connectivity index (χ0) is 16.7. The fourth-order valence-corrected chi connectivity index (χ4v) is 2.01. The first-order chi connectivity index (χ1) is 10.3. The number of rotatable bonds is 8. The number of ether oxygens (including phenoxy) is 1. The summed E-state index contributed by atoms with van der Waals surface area (Å²) in [4.78, 5) is 22.7. The van der Waals surface area contributed by atoms with Crippen molar-refractivity contribution in [3.8, 4) is 5.75 Å². The van der Waals surface area contributed by atoms with Crippen molar-refractivity contribution in [2.75, 3.05) is 6.61 Å². The number of carbonyl (C=O) groups is 2. The lowest BCUT2D eigenvalue weighted by atomic mass is 10.0. The number of carboxylic acids is 1. The van der Waals surface area contributed by atoms with Crippen LogP contribution in [-0.2, 0) is 9.59 Å². The highest BCUT2D eigenvalue weighted by Crippen LogP contribution is 2.21. The van der Waals surface area contributed by atoms with E-state index >= 15 is 0 Å². The highest BCUT2D eigenvalue weighted by atomic mass is 35.5. The summed E-state index contributed by atoms with van der Waals surface area (Å²) in [7, 11) is 0. The predicted octanol–water partition coefficient (Wildman–Crippen LogP) is 3.03. The van der Waals surface area contributed by atoms with Crippen LogP contribution in [0.2, 0.25) is 5.02 Å². The Morgan fingerprint density at radius 2 is 2.05 bits per heavy atom. The summed E-state index contributed by atoms with van der Waals surface area (Å²) in [5.74, 6) is -0.754. The van der Waals surface area contributed by atoms with Crippen molar-refractivity contribution in [1.82, 2.24) is 5.32 Å². The van der Waals surface area contributed by atoms with E-state index in [1.165, 1.54) is 0 Å². The molecular weight excluding hydrogens is 306 g/mol. The normalized spacial score (nSPS) is 12.0. The van der Waals surface area contributed by atoms with Gasteiger partial charge in [0.2, 0.25) is 5.91 Å². The molecule has 1 unspecified atom stereocenters. The average Bonchev–Trinajstić information content (AvgIpc) is 2.44. The minimum absolute atomic E-state index is 0.158. The molecule has 0 fully saturated rings. The molecule has 0 aromatic heterocycles. The number of hydrogen-bond donors (Lipinski definition) is 2. The van der Waals surface area contributed by atoms with Crippen molar-refractivity contribution in [3.05, 3.63) is 28.8 Å². The van der Waals surface area contributed by atoms with Crippen LogP contribution in [-0.4, -0.2) is 29.6 Å². The molecule has 0 aliphatic rings. The molecule has 0 aliphatic heterocycles. The van der Waals surface area contributed by atoms with E-state index in [1.807, 2.05) is 13.0 Å². The van der Waals surface area contributed by atoms with Crippen LogP contribution in [0, 0.1) is 12.8 Å². The van der Waals surface area contributed by atoms with Gasteiger partial charge in [-0.15, -0.1) is 0 Å². The lowest BCUT2D eigenvalue weighted by molar-refractivity contribution is -0.143. The third-order valence-corrected chi connectivity index (χ3v) is 3.62. The molecule has 0 bridgehead atoms. The van der Waals surface area contributed by atoms with E-state index in [1.54, 1.807) is 26.0 Å². The first-order valence-electron chi connectivity index (χ1n) is 7.22. The topological polar surface area (TPSA) is 75.6 Å². The number of aliphatic carboxylic acids is 1. The van der Waals surface area contributed by atoms with Crippen molar-refractivity contribution in [3.63, 3.8) is 0 Å². The van der Waals surface area contributed by atoms with Gasteiger partial charge < -0.3 is 15.2 Å². The molecular formula is C16H22ClNO4. The zero-order valence-electron chi connectivity index (χ0n) is 13.1. The van der Waals surface area contributed by atoms with Crippen molar-refractivity contribution < 1.29 is 19.4 Å². The second kappa shape index (κ2) is 8.63. The Morgan fingerprint density at radius 1 is 1.36 bits per heavy atom. The molecule has 2 N–H and O–H groups in total. The Kier molecular flexibility index (Phi) is 7.18. The number of halogens is 1. The second-order valence-corrected chi connectivity index (χ2v) is 5.90. The number of aryl methyl sites for hydroxylation is 1.